The Balaban J connectivity index is 1.87. The SMILES string of the molecule is CCOc1ccc(-c2nc(CC(=O)NCC(=O)NC(C)(C)C)cs2)cc1. The quantitative estimate of drug-likeness (QED) is 0.780. The Morgan fingerprint density at radius 2 is 1.85 bits per heavy atom. The molecule has 1 aromatic carbocycles. The van der Waals surface area contributed by atoms with Crippen LogP contribution in [0.1, 0.15) is 33.4 Å². The lowest BCUT2D eigenvalue weighted by molar-refractivity contribution is -0.126. The van der Waals surface area contributed by atoms with Crippen molar-refractivity contribution in [3.8, 4) is 16.3 Å². The zero-order chi connectivity index (χ0) is 19.2. The van der Waals surface area contributed by atoms with Crippen LogP contribution in [0.25, 0.3) is 10.6 Å². The number of thiazole rings is 1. The van der Waals surface area contributed by atoms with E-state index in [1.165, 1.54) is 11.3 Å². The molecule has 2 amide bonds. The van der Waals surface area contributed by atoms with E-state index in [1.54, 1.807) is 0 Å². The minimum absolute atomic E-state index is 0.0357. The second kappa shape index (κ2) is 8.80. The molecule has 2 N–H and O–H groups in total. The predicted molar refractivity (Wildman–Crippen MR) is 103 cm³/mol. The maximum atomic E-state index is 12.0. The summed E-state index contributed by atoms with van der Waals surface area (Å²) in [6.07, 6.45) is 0.149. The normalized spacial score (nSPS) is 11.1. The maximum absolute atomic E-state index is 12.0. The van der Waals surface area contributed by atoms with Crippen molar-refractivity contribution in [3.05, 3.63) is 35.3 Å². The third-order valence-corrected chi connectivity index (χ3v) is 4.21. The van der Waals surface area contributed by atoms with Crippen molar-refractivity contribution in [2.24, 2.45) is 0 Å². The summed E-state index contributed by atoms with van der Waals surface area (Å²) < 4.78 is 5.43. The summed E-state index contributed by atoms with van der Waals surface area (Å²) in [5.41, 5.74) is 1.35. The fraction of sp³-hybridized carbons (Fsp3) is 0.421. The lowest BCUT2D eigenvalue weighted by Gasteiger charge is -2.20. The van der Waals surface area contributed by atoms with Crippen LogP contribution in [0, 0.1) is 0 Å². The monoisotopic (exact) mass is 375 g/mol. The van der Waals surface area contributed by atoms with Gasteiger partial charge in [0.1, 0.15) is 10.8 Å². The van der Waals surface area contributed by atoms with Gasteiger partial charge in [-0.15, -0.1) is 11.3 Å². The first-order valence-corrected chi connectivity index (χ1v) is 9.40. The van der Waals surface area contributed by atoms with Gasteiger partial charge in [-0.1, -0.05) is 0 Å². The molecule has 7 heteroatoms. The van der Waals surface area contributed by atoms with Gasteiger partial charge in [-0.05, 0) is 52.0 Å². The Labute approximate surface area is 158 Å². The molecule has 0 aliphatic heterocycles. The van der Waals surface area contributed by atoms with Gasteiger partial charge in [0.2, 0.25) is 11.8 Å². The van der Waals surface area contributed by atoms with E-state index >= 15 is 0 Å². The minimum Gasteiger partial charge on any atom is -0.494 e. The fourth-order valence-corrected chi connectivity index (χ4v) is 3.08. The number of nitrogens with zero attached hydrogens (tertiary/aromatic N) is 1. The smallest absolute Gasteiger partial charge is 0.239 e. The number of aromatic nitrogens is 1. The summed E-state index contributed by atoms with van der Waals surface area (Å²) in [4.78, 5) is 28.2. The summed E-state index contributed by atoms with van der Waals surface area (Å²) in [6, 6.07) is 7.70. The van der Waals surface area contributed by atoms with Gasteiger partial charge in [-0.3, -0.25) is 9.59 Å². The van der Waals surface area contributed by atoms with Gasteiger partial charge < -0.3 is 15.4 Å². The van der Waals surface area contributed by atoms with Gasteiger partial charge in [0, 0.05) is 16.5 Å². The number of nitrogens with one attached hydrogen (secondary N) is 2. The lowest BCUT2D eigenvalue weighted by atomic mass is 10.1. The molecule has 0 saturated heterocycles. The van der Waals surface area contributed by atoms with Gasteiger partial charge in [-0.2, -0.15) is 0 Å². The molecule has 0 fully saturated rings. The first kappa shape index (κ1) is 19.9. The van der Waals surface area contributed by atoms with E-state index in [2.05, 4.69) is 15.6 Å². The highest BCUT2D eigenvalue weighted by molar-refractivity contribution is 7.13. The lowest BCUT2D eigenvalue weighted by Crippen LogP contribution is -2.46. The van der Waals surface area contributed by atoms with Crippen LogP contribution in [0.15, 0.2) is 29.6 Å². The van der Waals surface area contributed by atoms with Crippen molar-refractivity contribution in [1.82, 2.24) is 15.6 Å². The molecule has 1 aromatic heterocycles. The molecule has 6 nitrogen and oxygen atoms in total. The van der Waals surface area contributed by atoms with Crippen LogP contribution in [0.3, 0.4) is 0 Å². The minimum atomic E-state index is -0.316. The number of ether oxygens (including phenoxy) is 1. The molecule has 2 aromatic rings. The van der Waals surface area contributed by atoms with Gasteiger partial charge in [0.25, 0.3) is 0 Å². The van der Waals surface area contributed by atoms with Crippen LogP contribution in [0.5, 0.6) is 5.75 Å². The highest BCUT2D eigenvalue weighted by atomic mass is 32.1. The van der Waals surface area contributed by atoms with Gasteiger partial charge in [-0.25, -0.2) is 4.98 Å². The van der Waals surface area contributed by atoms with Crippen molar-refractivity contribution >= 4 is 23.2 Å². The summed E-state index contributed by atoms with van der Waals surface area (Å²) in [5.74, 6) is 0.387. The molecule has 0 bridgehead atoms. The van der Waals surface area contributed by atoms with Crippen LogP contribution in [-0.2, 0) is 16.0 Å². The van der Waals surface area contributed by atoms with Gasteiger partial charge in [0.05, 0.1) is 25.3 Å². The van der Waals surface area contributed by atoms with E-state index in [-0.39, 0.29) is 30.3 Å². The van der Waals surface area contributed by atoms with E-state index < -0.39 is 0 Å². The zero-order valence-corrected chi connectivity index (χ0v) is 16.4. The number of carbonyl (C=O) groups excluding carboxylic acids is 2. The van der Waals surface area contributed by atoms with E-state index in [1.807, 2.05) is 57.3 Å². The summed E-state index contributed by atoms with van der Waals surface area (Å²) in [7, 11) is 0. The third-order valence-electron chi connectivity index (χ3n) is 3.27. The second-order valence-electron chi connectivity index (χ2n) is 6.85. The fourth-order valence-electron chi connectivity index (χ4n) is 2.25. The molecule has 1 heterocycles. The summed E-state index contributed by atoms with van der Waals surface area (Å²) >= 11 is 1.48. The van der Waals surface area contributed by atoms with Crippen molar-refractivity contribution in [1.29, 1.82) is 0 Å². The Morgan fingerprint density at radius 3 is 2.46 bits per heavy atom. The molecule has 0 spiro atoms. The second-order valence-corrected chi connectivity index (χ2v) is 7.71. The molecule has 0 radical (unpaired) electrons. The Kier molecular flexibility index (Phi) is 6.74. The Hall–Kier alpha value is -2.41. The largest absolute Gasteiger partial charge is 0.494 e. The zero-order valence-electron chi connectivity index (χ0n) is 15.6. The highest BCUT2D eigenvalue weighted by Gasteiger charge is 2.15. The van der Waals surface area contributed by atoms with Crippen molar-refractivity contribution in [2.75, 3.05) is 13.2 Å². The molecular weight excluding hydrogens is 350 g/mol. The Morgan fingerprint density at radius 1 is 1.15 bits per heavy atom. The Bertz CT molecular complexity index is 748. The van der Waals surface area contributed by atoms with E-state index in [0.29, 0.717) is 12.3 Å². The predicted octanol–water partition coefficient (Wildman–Crippen LogP) is 2.78. The summed E-state index contributed by atoms with van der Waals surface area (Å²) in [6.45, 7) is 8.22. The molecule has 0 atom stereocenters. The topological polar surface area (TPSA) is 80.3 Å². The molecule has 140 valence electrons. The molecular formula is C19H25N3O3S. The average Bonchev–Trinajstić information content (AvgIpc) is 3.01. The number of carbonyl (C=O) groups is 2. The standard InChI is InChI=1S/C19H25N3O3S/c1-5-25-15-8-6-13(7-9-15)18-21-14(12-26-18)10-16(23)20-11-17(24)22-19(2,3)4/h6-9,12H,5,10-11H2,1-4H3,(H,20,23)(H,22,24). The third kappa shape index (κ3) is 6.48. The summed E-state index contributed by atoms with van der Waals surface area (Å²) in [5, 5.41) is 8.13. The molecule has 0 unspecified atom stereocenters. The molecule has 26 heavy (non-hydrogen) atoms. The molecule has 0 aliphatic rings. The van der Waals surface area contributed by atoms with Crippen molar-refractivity contribution in [2.45, 2.75) is 39.7 Å². The molecule has 2 rings (SSSR count). The number of hydrogen-bond acceptors (Lipinski definition) is 5. The number of rotatable bonds is 7. The van der Waals surface area contributed by atoms with Crippen LogP contribution >= 0.6 is 11.3 Å². The average molecular weight is 375 g/mol. The van der Waals surface area contributed by atoms with Crippen LogP contribution < -0.4 is 15.4 Å². The van der Waals surface area contributed by atoms with E-state index in [9.17, 15) is 9.59 Å². The molecule has 0 aliphatic carbocycles. The highest BCUT2D eigenvalue weighted by Crippen LogP contribution is 2.25. The first-order valence-electron chi connectivity index (χ1n) is 8.52. The van der Waals surface area contributed by atoms with Crippen LogP contribution in [0.2, 0.25) is 0 Å². The van der Waals surface area contributed by atoms with Gasteiger partial charge in [0.15, 0.2) is 0 Å². The van der Waals surface area contributed by atoms with Crippen molar-refractivity contribution < 1.29 is 14.3 Å². The van der Waals surface area contributed by atoms with Crippen LogP contribution in [-0.4, -0.2) is 35.5 Å². The van der Waals surface area contributed by atoms with Crippen molar-refractivity contribution in [3.63, 3.8) is 0 Å². The number of hydrogen-bond donors (Lipinski definition) is 2. The van der Waals surface area contributed by atoms with Crippen LogP contribution in [0.4, 0.5) is 0 Å². The van der Waals surface area contributed by atoms with E-state index in [4.69, 9.17) is 4.74 Å². The van der Waals surface area contributed by atoms with E-state index in [0.717, 1.165) is 16.3 Å². The molecule has 0 saturated carbocycles. The maximum Gasteiger partial charge on any atom is 0.239 e. The number of benzene rings is 1. The van der Waals surface area contributed by atoms with Gasteiger partial charge >= 0.3 is 0 Å². The first-order chi connectivity index (χ1) is 12.3. The number of amides is 2.